The summed E-state index contributed by atoms with van der Waals surface area (Å²) < 4.78 is 44.0. The maximum atomic E-state index is 12.7. The highest BCUT2D eigenvalue weighted by Gasteiger charge is 2.31. The molecular weight excluding hydrogens is 508 g/mol. The van der Waals surface area contributed by atoms with Crippen LogP contribution in [0.3, 0.4) is 0 Å². The number of nitrogens with two attached hydrogens (primary N) is 1. The number of anilines is 2. The van der Waals surface area contributed by atoms with E-state index in [4.69, 9.17) is 5.73 Å². The molecule has 3 rings (SSSR count). The molecule has 0 spiro atoms. The Kier molecular flexibility index (Phi) is 5.93. The van der Waals surface area contributed by atoms with E-state index >= 15 is 0 Å². The molecule has 1 amide bonds. The number of pyridine rings is 1. The molecule has 1 aromatic carbocycles. The molecule has 0 radical (unpaired) electrons. The van der Waals surface area contributed by atoms with Gasteiger partial charge in [-0.25, -0.2) is 4.98 Å². The second-order valence-electron chi connectivity index (χ2n) is 5.53. The molecule has 0 fully saturated rings. The summed E-state index contributed by atoms with van der Waals surface area (Å²) in [5.74, 6) is -0.166. The monoisotopic (exact) mass is 522 g/mol. The number of thioether (sulfide) groups is 1. The van der Waals surface area contributed by atoms with E-state index in [9.17, 15) is 18.0 Å². The van der Waals surface area contributed by atoms with Gasteiger partial charge in [0, 0.05) is 15.5 Å². The van der Waals surface area contributed by atoms with Crippen molar-refractivity contribution in [3.05, 3.63) is 45.7 Å². The zero-order valence-corrected chi connectivity index (χ0v) is 17.4. The fraction of sp³-hybridized carbons (Fsp3) is 0.176. The zero-order valence-electron chi connectivity index (χ0n) is 14.4. The number of nitrogens with one attached hydrogen (secondary N) is 1. The van der Waals surface area contributed by atoms with Gasteiger partial charge < -0.3 is 15.8 Å². The number of carbonyl (C=O) groups excluding carboxylic acids is 1. The summed E-state index contributed by atoms with van der Waals surface area (Å²) in [6, 6.07) is 6.87. The van der Waals surface area contributed by atoms with Gasteiger partial charge in [0.05, 0.1) is 5.56 Å². The Labute approximate surface area is 175 Å². The Morgan fingerprint density at radius 1 is 1.36 bits per heavy atom. The van der Waals surface area contributed by atoms with E-state index in [-0.39, 0.29) is 11.3 Å². The molecule has 0 saturated heterocycles. The lowest BCUT2D eigenvalue weighted by molar-refractivity contribution is -0.274. The second kappa shape index (κ2) is 8.07. The first-order valence-corrected chi connectivity index (χ1v) is 10.0. The molecule has 6 nitrogen and oxygen atoms in total. The summed E-state index contributed by atoms with van der Waals surface area (Å²) >= 11 is 3.64. The van der Waals surface area contributed by atoms with E-state index in [0.717, 1.165) is 21.5 Å². The van der Waals surface area contributed by atoms with Crippen LogP contribution in [-0.4, -0.2) is 27.4 Å². The van der Waals surface area contributed by atoms with Crippen molar-refractivity contribution in [3.63, 3.8) is 0 Å². The molecule has 3 N–H and O–H groups in total. The fourth-order valence-electron chi connectivity index (χ4n) is 2.46. The molecule has 0 saturated carbocycles. The lowest BCUT2D eigenvalue weighted by Crippen LogP contribution is -2.19. The van der Waals surface area contributed by atoms with Crippen molar-refractivity contribution in [1.82, 2.24) is 9.38 Å². The maximum Gasteiger partial charge on any atom is 0.573 e. The molecule has 148 valence electrons. The molecule has 11 heteroatoms. The molecule has 0 aliphatic rings. The van der Waals surface area contributed by atoms with Gasteiger partial charge in [0.15, 0.2) is 5.82 Å². The quantitative estimate of drug-likeness (QED) is 0.287. The minimum atomic E-state index is -4.87. The van der Waals surface area contributed by atoms with Crippen LogP contribution < -0.4 is 15.8 Å². The van der Waals surface area contributed by atoms with Crippen LogP contribution in [0.25, 0.3) is 5.65 Å². The normalized spacial score (nSPS) is 11.6. The number of amides is 1. The van der Waals surface area contributed by atoms with E-state index in [2.05, 4.69) is 37.6 Å². The third kappa shape index (κ3) is 4.63. The van der Waals surface area contributed by atoms with Gasteiger partial charge in [-0.15, -0.1) is 24.9 Å². The van der Waals surface area contributed by atoms with Crippen LogP contribution in [0.4, 0.5) is 24.7 Å². The number of hydrogen-bond acceptors (Lipinski definition) is 5. The van der Waals surface area contributed by atoms with Gasteiger partial charge in [-0.3, -0.25) is 9.20 Å². The van der Waals surface area contributed by atoms with Crippen LogP contribution in [0.5, 0.6) is 5.75 Å². The summed E-state index contributed by atoms with van der Waals surface area (Å²) in [5, 5.41) is 3.35. The smallest absolute Gasteiger partial charge is 0.406 e. The lowest BCUT2D eigenvalue weighted by Gasteiger charge is -2.12. The van der Waals surface area contributed by atoms with Crippen molar-refractivity contribution in [3.8, 4) is 5.75 Å². The highest BCUT2D eigenvalue weighted by atomic mass is 127. The SMILES string of the molecule is CCSc1c(NC(=O)c2cc(OC(F)(F)F)ccc2N)nc2ccc(I)cn12. The summed E-state index contributed by atoms with van der Waals surface area (Å²) in [6.07, 6.45) is -2.99. The largest absolute Gasteiger partial charge is 0.573 e. The van der Waals surface area contributed by atoms with E-state index in [0.29, 0.717) is 16.5 Å². The molecule has 0 atom stereocenters. The van der Waals surface area contributed by atoms with Crippen molar-refractivity contribution < 1.29 is 22.7 Å². The molecule has 0 aliphatic carbocycles. The first-order chi connectivity index (χ1) is 13.2. The Morgan fingerprint density at radius 3 is 2.79 bits per heavy atom. The van der Waals surface area contributed by atoms with Gasteiger partial charge >= 0.3 is 6.36 Å². The number of hydrogen-bond donors (Lipinski definition) is 2. The number of fused-ring (bicyclic) bond motifs is 1. The Morgan fingerprint density at radius 2 is 2.11 bits per heavy atom. The van der Waals surface area contributed by atoms with Gasteiger partial charge in [-0.1, -0.05) is 6.92 Å². The van der Waals surface area contributed by atoms with Crippen LogP contribution in [0.15, 0.2) is 41.6 Å². The molecular formula is C17H14F3IN4O2S. The van der Waals surface area contributed by atoms with E-state index in [1.807, 2.05) is 29.7 Å². The number of carbonyl (C=O) groups is 1. The van der Waals surface area contributed by atoms with Crippen LogP contribution in [0.2, 0.25) is 0 Å². The standard InChI is InChI=1S/C17H14F3IN4O2S/c1-2-28-16-14(23-13-6-3-9(21)8-25(13)16)24-15(26)11-7-10(4-5-12(11)22)27-17(18,19)20/h3-8H,2,22H2,1H3,(H,24,26). The van der Waals surface area contributed by atoms with Gasteiger partial charge in [0.2, 0.25) is 0 Å². The van der Waals surface area contributed by atoms with Gasteiger partial charge in [0.25, 0.3) is 5.91 Å². The van der Waals surface area contributed by atoms with Crippen molar-refractivity contribution >= 4 is 57.4 Å². The molecule has 2 aromatic heterocycles. The highest BCUT2D eigenvalue weighted by molar-refractivity contribution is 14.1. The number of benzene rings is 1. The van der Waals surface area contributed by atoms with E-state index in [1.54, 1.807) is 0 Å². The summed E-state index contributed by atoms with van der Waals surface area (Å²) in [5.41, 5.74) is 6.29. The molecule has 0 unspecified atom stereocenters. The van der Waals surface area contributed by atoms with Gasteiger partial charge in [-0.05, 0) is 58.7 Å². The van der Waals surface area contributed by atoms with Crippen LogP contribution in [-0.2, 0) is 0 Å². The summed E-state index contributed by atoms with van der Waals surface area (Å²) in [4.78, 5) is 17.1. The maximum absolute atomic E-state index is 12.7. The number of imidazole rings is 1. The number of alkyl halides is 3. The molecule has 3 aromatic rings. The van der Waals surface area contributed by atoms with Crippen molar-refractivity contribution in [2.45, 2.75) is 18.3 Å². The number of ether oxygens (including phenoxy) is 1. The number of aromatic nitrogens is 2. The van der Waals surface area contributed by atoms with Gasteiger partial charge in [-0.2, -0.15) is 0 Å². The fourth-order valence-corrected chi connectivity index (χ4v) is 3.71. The summed E-state index contributed by atoms with van der Waals surface area (Å²) in [6.45, 7) is 1.96. The topological polar surface area (TPSA) is 81.6 Å². The van der Waals surface area contributed by atoms with Crippen LogP contribution in [0.1, 0.15) is 17.3 Å². The molecule has 2 heterocycles. The highest BCUT2D eigenvalue weighted by Crippen LogP contribution is 2.31. The summed E-state index contributed by atoms with van der Waals surface area (Å²) in [7, 11) is 0. The Balaban J connectivity index is 1.95. The predicted octanol–water partition coefficient (Wildman–Crippen LogP) is 4.78. The first kappa shape index (κ1) is 20.6. The molecule has 28 heavy (non-hydrogen) atoms. The third-order valence-corrected chi connectivity index (χ3v) is 5.14. The second-order valence-corrected chi connectivity index (χ2v) is 8.02. The van der Waals surface area contributed by atoms with Crippen LogP contribution >= 0.6 is 34.4 Å². The van der Waals surface area contributed by atoms with Crippen LogP contribution in [0, 0.1) is 3.57 Å². The Bertz CT molecular complexity index is 1040. The average Bonchev–Trinajstić information content (AvgIpc) is 2.92. The average molecular weight is 522 g/mol. The minimum Gasteiger partial charge on any atom is -0.406 e. The minimum absolute atomic E-state index is 0.0232. The van der Waals surface area contributed by atoms with E-state index in [1.165, 1.54) is 17.8 Å². The number of halogens is 4. The molecule has 0 bridgehead atoms. The van der Waals surface area contributed by atoms with Gasteiger partial charge in [0.1, 0.15) is 16.4 Å². The molecule has 0 aliphatic heterocycles. The third-order valence-electron chi connectivity index (χ3n) is 3.55. The Hall–Kier alpha value is -2.15. The first-order valence-electron chi connectivity index (χ1n) is 7.95. The van der Waals surface area contributed by atoms with Crippen molar-refractivity contribution in [2.75, 3.05) is 16.8 Å². The van der Waals surface area contributed by atoms with Crippen molar-refractivity contribution in [1.29, 1.82) is 0 Å². The zero-order chi connectivity index (χ0) is 20.5. The number of nitrogens with zero attached hydrogens (tertiary/aromatic N) is 2. The number of rotatable bonds is 5. The number of nitrogen functional groups attached to an aromatic ring is 1. The van der Waals surface area contributed by atoms with Crippen molar-refractivity contribution in [2.24, 2.45) is 0 Å². The predicted molar refractivity (Wildman–Crippen MR) is 110 cm³/mol. The lowest BCUT2D eigenvalue weighted by atomic mass is 10.1. The van der Waals surface area contributed by atoms with E-state index < -0.39 is 18.0 Å².